The summed E-state index contributed by atoms with van der Waals surface area (Å²) >= 11 is 0. The van der Waals surface area contributed by atoms with Crippen molar-refractivity contribution in [2.45, 2.75) is 0 Å². The van der Waals surface area contributed by atoms with Crippen molar-refractivity contribution in [2.24, 2.45) is 0 Å². The summed E-state index contributed by atoms with van der Waals surface area (Å²) < 4.78 is 29.9. The third-order valence-corrected chi connectivity index (χ3v) is 2.31. The predicted octanol–water partition coefficient (Wildman–Crippen LogP) is -0.181. The molecule has 0 aliphatic carbocycles. The maximum absolute atomic E-state index is 10.7. The van der Waals surface area contributed by atoms with E-state index in [-0.39, 0.29) is 5.75 Å². The normalized spacial score (nSPS) is 16.9. The van der Waals surface area contributed by atoms with E-state index in [1.54, 1.807) is 0 Å². The lowest BCUT2D eigenvalue weighted by molar-refractivity contribution is 0.358. The van der Waals surface area contributed by atoms with Gasteiger partial charge in [-0.25, -0.2) is 0 Å². The maximum Gasteiger partial charge on any atom is 0.501 e. The molecule has 0 fully saturated rings. The van der Waals surface area contributed by atoms with E-state index in [0.717, 1.165) is 6.07 Å². The van der Waals surface area contributed by atoms with Crippen molar-refractivity contribution in [1.29, 1.82) is 0 Å². The lowest BCUT2D eigenvalue weighted by Crippen LogP contribution is -2.08. The number of rotatable bonds is 0. The van der Waals surface area contributed by atoms with Crippen molar-refractivity contribution in [3.63, 3.8) is 0 Å². The van der Waals surface area contributed by atoms with Crippen LogP contribution in [0.2, 0.25) is 0 Å². The Kier molecular flexibility index (Phi) is 1.47. The van der Waals surface area contributed by atoms with Crippen LogP contribution in [0.1, 0.15) is 0 Å². The standard InChI is InChI=1S/C6H4O7S/c7-2-1-3-6(5(9)4(2)8)13-14(10,11)12-3/h1,7-9H. The van der Waals surface area contributed by atoms with Crippen LogP contribution >= 0.6 is 0 Å². The first-order chi connectivity index (χ1) is 6.41. The molecule has 8 heteroatoms. The number of fused-ring (bicyclic) bond motifs is 1. The average molecular weight is 220 g/mol. The topological polar surface area (TPSA) is 113 Å². The minimum Gasteiger partial charge on any atom is -0.504 e. The third kappa shape index (κ3) is 1.08. The highest BCUT2D eigenvalue weighted by Gasteiger charge is 2.34. The first-order valence-electron chi connectivity index (χ1n) is 3.32. The van der Waals surface area contributed by atoms with Gasteiger partial charge in [-0.15, -0.1) is 8.42 Å². The van der Waals surface area contributed by atoms with Gasteiger partial charge in [0, 0.05) is 6.07 Å². The Morgan fingerprint density at radius 1 is 1.07 bits per heavy atom. The fourth-order valence-corrected chi connectivity index (χ4v) is 1.72. The molecule has 14 heavy (non-hydrogen) atoms. The van der Waals surface area contributed by atoms with Crippen LogP contribution in [0.4, 0.5) is 0 Å². The van der Waals surface area contributed by atoms with Crippen molar-refractivity contribution >= 4 is 10.4 Å². The molecule has 0 amide bonds. The third-order valence-electron chi connectivity index (χ3n) is 1.55. The second kappa shape index (κ2) is 2.35. The van der Waals surface area contributed by atoms with Gasteiger partial charge in [0.15, 0.2) is 11.5 Å². The van der Waals surface area contributed by atoms with Gasteiger partial charge >= 0.3 is 10.4 Å². The molecule has 0 bridgehead atoms. The molecule has 0 saturated heterocycles. The fraction of sp³-hybridized carbons (Fsp3) is 0. The minimum atomic E-state index is -4.24. The largest absolute Gasteiger partial charge is 0.504 e. The molecule has 1 aliphatic rings. The number of benzene rings is 1. The Labute approximate surface area is 78.1 Å². The van der Waals surface area contributed by atoms with Gasteiger partial charge in [-0.05, 0) is 0 Å². The van der Waals surface area contributed by atoms with Crippen LogP contribution in [0.25, 0.3) is 0 Å². The second-order valence-corrected chi connectivity index (χ2v) is 3.64. The van der Waals surface area contributed by atoms with E-state index < -0.39 is 33.4 Å². The van der Waals surface area contributed by atoms with Crippen LogP contribution in [0.15, 0.2) is 6.07 Å². The Morgan fingerprint density at radius 2 is 1.71 bits per heavy atom. The molecular weight excluding hydrogens is 216 g/mol. The molecule has 7 nitrogen and oxygen atoms in total. The summed E-state index contributed by atoms with van der Waals surface area (Å²) in [5.41, 5.74) is 0. The number of phenolic OH excluding ortho intramolecular Hbond substituents is 3. The zero-order valence-corrected chi connectivity index (χ0v) is 7.28. The average Bonchev–Trinajstić information content (AvgIpc) is 2.37. The highest BCUT2D eigenvalue weighted by molar-refractivity contribution is 7.82. The molecule has 0 radical (unpaired) electrons. The van der Waals surface area contributed by atoms with Crippen LogP contribution in [0.3, 0.4) is 0 Å². The van der Waals surface area contributed by atoms with Gasteiger partial charge in [-0.3, -0.25) is 0 Å². The maximum atomic E-state index is 10.7. The van der Waals surface area contributed by atoms with Crippen LogP contribution in [0.5, 0.6) is 28.7 Å². The van der Waals surface area contributed by atoms with Gasteiger partial charge in [-0.1, -0.05) is 0 Å². The molecule has 0 unspecified atom stereocenters. The fourth-order valence-electron chi connectivity index (χ4n) is 0.975. The van der Waals surface area contributed by atoms with Crippen LogP contribution in [-0.4, -0.2) is 23.7 Å². The van der Waals surface area contributed by atoms with Crippen LogP contribution in [-0.2, 0) is 10.4 Å². The van der Waals surface area contributed by atoms with Crippen molar-refractivity contribution in [3.8, 4) is 28.7 Å². The Bertz CT molecular complexity index is 503. The molecule has 2 rings (SSSR count). The lowest BCUT2D eigenvalue weighted by atomic mass is 10.2. The van der Waals surface area contributed by atoms with E-state index in [2.05, 4.69) is 8.37 Å². The zero-order valence-electron chi connectivity index (χ0n) is 6.46. The zero-order chi connectivity index (χ0) is 10.5. The van der Waals surface area contributed by atoms with Gasteiger partial charge in [0.25, 0.3) is 0 Å². The first-order valence-corrected chi connectivity index (χ1v) is 4.66. The molecule has 0 aromatic heterocycles. The van der Waals surface area contributed by atoms with Crippen molar-refractivity contribution in [3.05, 3.63) is 6.07 Å². The van der Waals surface area contributed by atoms with E-state index in [1.807, 2.05) is 0 Å². The summed E-state index contributed by atoms with van der Waals surface area (Å²) in [5.74, 6) is -3.38. The molecule has 0 saturated carbocycles. The van der Waals surface area contributed by atoms with E-state index in [9.17, 15) is 8.42 Å². The summed E-state index contributed by atoms with van der Waals surface area (Å²) in [6, 6.07) is 0.814. The van der Waals surface area contributed by atoms with Crippen molar-refractivity contribution < 1.29 is 32.1 Å². The van der Waals surface area contributed by atoms with Crippen LogP contribution < -0.4 is 8.37 Å². The highest BCUT2D eigenvalue weighted by Crippen LogP contribution is 2.51. The summed E-state index contributed by atoms with van der Waals surface area (Å²) in [6.07, 6.45) is 0. The molecular formula is C6H4O7S. The van der Waals surface area contributed by atoms with Gasteiger partial charge in [0.1, 0.15) is 0 Å². The monoisotopic (exact) mass is 220 g/mol. The Morgan fingerprint density at radius 3 is 2.36 bits per heavy atom. The smallest absolute Gasteiger partial charge is 0.501 e. The number of phenols is 3. The molecule has 76 valence electrons. The molecule has 0 spiro atoms. The van der Waals surface area contributed by atoms with Crippen molar-refractivity contribution in [1.82, 2.24) is 0 Å². The van der Waals surface area contributed by atoms with Crippen molar-refractivity contribution in [2.75, 3.05) is 0 Å². The minimum absolute atomic E-state index is 0.377. The summed E-state index contributed by atoms with van der Waals surface area (Å²) in [7, 11) is -4.24. The molecule has 1 aliphatic heterocycles. The molecule has 3 N–H and O–H groups in total. The quantitative estimate of drug-likeness (QED) is 0.519. The molecule has 1 heterocycles. The Balaban J connectivity index is 2.70. The second-order valence-electron chi connectivity index (χ2n) is 2.50. The number of hydrogen-bond donors (Lipinski definition) is 3. The summed E-state index contributed by atoms with van der Waals surface area (Å²) in [6.45, 7) is 0. The first kappa shape index (κ1) is 8.75. The van der Waals surface area contributed by atoms with E-state index in [4.69, 9.17) is 15.3 Å². The summed E-state index contributed by atoms with van der Waals surface area (Å²) in [5, 5.41) is 27.2. The molecule has 1 aromatic carbocycles. The summed E-state index contributed by atoms with van der Waals surface area (Å²) in [4.78, 5) is 0. The number of hydrogen-bond acceptors (Lipinski definition) is 7. The predicted molar refractivity (Wildman–Crippen MR) is 41.6 cm³/mol. The highest BCUT2D eigenvalue weighted by atomic mass is 32.3. The van der Waals surface area contributed by atoms with E-state index in [0.29, 0.717) is 0 Å². The molecule has 0 atom stereocenters. The molecule has 1 aromatic rings. The van der Waals surface area contributed by atoms with Gasteiger partial charge < -0.3 is 23.7 Å². The SMILES string of the molecule is O=S1(=O)Oc2cc(O)c(O)c(O)c2O1. The van der Waals surface area contributed by atoms with Gasteiger partial charge in [0.2, 0.25) is 17.2 Å². The van der Waals surface area contributed by atoms with Gasteiger partial charge in [-0.2, -0.15) is 0 Å². The van der Waals surface area contributed by atoms with Gasteiger partial charge in [0.05, 0.1) is 0 Å². The van der Waals surface area contributed by atoms with E-state index >= 15 is 0 Å². The van der Waals surface area contributed by atoms with Crippen LogP contribution in [0, 0.1) is 0 Å². The lowest BCUT2D eigenvalue weighted by Gasteiger charge is -2.01. The number of aromatic hydroxyl groups is 3. The Hall–Kier alpha value is -1.83. The van der Waals surface area contributed by atoms with E-state index in [1.165, 1.54) is 0 Å².